The van der Waals surface area contributed by atoms with Crippen molar-refractivity contribution in [1.29, 1.82) is 0 Å². The standard InChI is InChI=1S/C14H15N3O3/c1-3-17-13(18)9-8-11(16-17)14(19)15-10-6-4-5-7-12(10)20-2/h4-9H,3H2,1-2H3,(H,15,19). The van der Waals surface area contributed by atoms with E-state index in [-0.39, 0.29) is 11.3 Å². The fourth-order valence-electron chi connectivity index (χ4n) is 1.73. The van der Waals surface area contributed by atoms with Crippen LogP contribution in [0.3, 0.4) is 0 Å². The largest absolute Gasteiger partial charge is 0.495 e. The highest BCUT2D eigenvalue weighted by Gasteiger charge is 2.11. The van der Waals surface area contributed by atoms with Gasteiger partial charge in [-0.25, -0.2) is 4.68 Å². The second kappa shape index (κ2) is 6.01. The minimum Gasteiger partial charge on any atom is -0.495 e. The lowest BCUT2D eigenvalue weighted by atomic mass is 10.2. The molecule has 2 rings (SSSR count). The predicted octanol–water partition coefficient (Wildman–Crippen LogP) is 1.52. The summed E-state index contributed by atoms with van der Waals surface area (Å²) in [6.45, 7) is 2.20. The number of carbonyl (C=O) groups is 1. The summed E-state index contributed by atoms with van der Waals surface area (Å²) in [5.41, 5.74) is 0.495. The van der Waals surface area contributed by atoms with Crippen LogP contribution < -0.4 is 15.6 Å². The Morgan fingerprint density at radius 3 is 2.75 bits per heavy atom. The zero-order chi connectivity index (χ0) is 14.5. The molecule has 1 aromatic heterocycles. The highest BCUT2D eigenvalue weighted by molar-refractivity contribution is 6.03. The molecule has 0 saturated carbocycles. The van der Waals surface area contributed by atoms with Gasteiger partial charge < -0.3 is 10.1 Å². The van der Waals surface area contributed by atoms with Gasteiger partial charge in [0.25, 0.3) is 11.5 Å². The summed E-state index contributed by atoms with van der Waals surface area (Å²) in [5, 5.41) is 6.70. The highest BCUT2D eigenvalue weighted by atomic mass is 16.5. The predicted molar refractivity (Wildman–Crippen MR) is 75.1 cm³/mol. The van der Waals surface area contributed by atoms with E-state index < -0.39 is 5.91 Å². The van der Waals surface area contributed by atoms with Crippen LogP contribution in [0.2, 0.25) is 0 Å². The number of nitrogens with zero attached hydrogens (tertiary/aromatic N) is 2. The first-order chi connectivity index (χ1) is 9.65. The van der Waals surface area contributed by atoms with E-state index >= 15 is 0 Å². The Bertz CT molecular complexity index is 679. The molecule has 6 heteroatoms. The number of anilines is 1. The number of hydrogen-bond acceptors (Lipinski definition) is 4. The molecule has 0 saturated heterocycles. The second-order valence-electron chi connectivity index (χ2n) is 4.03. The molecular weight excluding hydrogens is 258 g/mol. The summed E-state index contributed by atoms with van der Waals surface area (Å²) in [4.78, 5) is 23.5. The van der Waals surface area contributed by atoms with Crippen LogP contribution in [0.25, 0.3) is 0 Å². The van der Waals surface area contributed by atoms with E-state index in [0.29, 0.717) is 18.0 Å². The number of para-hydroxylation sites is 2. The molecular formula is C14H15N3O3. The monoisotopic (exact) mass is 273 g/mol. The van der Waals surface area contributed by atoms with E-state index in [1.807, 2.05) is 6.07 Å². The van der Waals surface area contributed by atoms with Gasteiger partial charge in [0, 0.05) is 12.6 Å². The lowest BCUT2D eigenvalue weighted by Crippen LogP contribution is -2.25. The maximum atomic E-state index is 12.1. The number of ether oxygens (including phenoxy) is 1. The van der Waals surface area contributed by atoms with E-state index in [2.05, 4.69) is 10.4 Å². The van der Waals surface area contributed by atoms with Crippen molar-refractivity contribution in [2.45, 2.75) is 13.5 Å². The van der Waals surface area contributed by atoms with Crippen molar-refractivity contribution in [3.63, 3.8) is 0 Å². The van der Waals surface area contributed by atoms with E-state index in [4.69, 9.17) is 4.74 Å². The summed E-state index contributed by atoms with van der Waals surface area (Å²) in [6.07, 6.45) is 0. The van der Waals surface area contributed by atoms with Gasteiger partial charge in [0.2, 0.25) is 0 Å². The Kier molecular flexibility index (Phi) is 4.14. The summed E-state index contributed by atoms with van der Waals surface area (Å²) in [5.74, 6) is 0.168. The Hall–Kier alpha value is -2.63. The molecule has 1 aromatic carbocycles. The van der Waals surface area contributed by atoms with Crippen molar-refractivity contribution in [3.05, 3.63) is 52.4 Å². The van der Waals surface area contributed by atoms with Crippen LogP contribution in [0.5, 0.6) is 5.75 Å². The molecule has 6 nitrogen and oxygen atoms in total. The minimum absolute atomic E-state index is 0.178. The second-order valence-corrected chi connectivity index (χ2v) is 4.03. The van der Waals surface area contributed by atoms with Gasteiger partial charge in [0.05, 0.1) is 12.8 Å². The van der Waals surface area contributed by atoms with Crippen molar-refractivity contribution in [1.82, 2.24) is 9.78 Å². The quantitative estimate of drug-likeness (QED) is 0.916. The topological polar surface area (TPSA) is 73.2 Å². The summed E-state index contributed by atoms with van der Waals surface area (Å²) >= 11 is 0. The van der Waals surface area contributed by atoms with Crippen molar-refractivity contribution < 1.29 is 9.53 Å². The van der Waals surface area contributed by atoms with Crippen LogP contribution in [-0.2, 0) is 6.54 Å². The van der Waals surface area contributed by atoms with Gasteiger partial charge in [-0.2, -0.15) is 5.10 Å². The molecule has 0 bridgehead atoms. The fraction of sp³-hybridized carbons (Fsp3) is 0.214. The third kappa shape index (κ3) is 2.85. The molecule has 0 aliphatic rings. The van der Waals surface area contributed by atoms with Crippen LogP contribution in [-0.4, -0.2) is 22.8 Å². The van der Waals surface area contributed by atoms with Crippen molar-refractivity contribution >= 4 is 11.6 Å². The Balaban J connectivity index is 2.26. The molecule has 0 spiro atoms. The maximum absolute atomic E-state index is 12.1. The first-order valence-corrected chi connectivity index (χ1v) is 6.18. The average molecular weight is 273 g/mol. The van der Waals surface area contributed by atoms with Gasteiger partial charge in [-0.1, -0.05) is 12.1 Å². The summed E-state index contributed by atoms with van der Waals surface area (Å²) in [6, 6.07) is 9.80. The zero-order valence-corrected chi connectivity index (χ0v) is 11.3. The number of carbonyl (C=O) groups excluding carboxylic acids is 1. The van der Waals surface area contributed by atoms with Crippen LogP contribution in [0.4, 0.5) is 5.69 Å². The van der Waals surface area contributed by atoms with Crippen molar-refractivity contribution in [2.24, 2.45) is 0 Å². The zero-order valence-electron chi connectivity index (χ0n) is 11.3. The number of hydrogen-bond donors (Lipinski definition) is 1. The van der Waals surface area contributed by atoms with Crippen LogP contribution in [0.1, 0.15) is 17.4 Å². The molecule has 20 heavy (non-hydrogen) atoms. The number of nitrogens with one attached hydrogen (secondary N) is 1. The third-order valence-electron chi connectivity index (χ3n) is 2.75. The first kappa shape index (κ1) is 13.8. The highest BCUT2D eigenvalue weighted by Crippen LogP contribution is 2.23. The third-order valence-corrected chi connectivity index (χ3v) is 2.75. The number of benzene rings is 1. The smallest absolute Gasteiger partial charge is 0.276 e. The van der Waals surface area contributed by atoms with Crippen LogP contribution >= 0.6 is 0 Å². The Morgan fingerprint density at radius 1 is 1.30 bits per heavy atom. The molecule has 0 atom stereocenters. The van der Waals surface area contributed by atoms with Crippen molar-refractivity contribution in [2.75, 3.05) is 12.4 Å². The maximum Gasteiger partial charge on any atom is 0.276 e. The molecule has 104 valence electrons. The number of aryl methyl sites for hydroxylation is 1. The Labute approximate surface area is 116 Å². The summed E-state index contributed by atoms with van der Waals surface area (Å²) < 4.78 is 6.39. The number of rotatable bonds is 4. The molecule has 0 fully saturated rings. The molecule has 1 amide bonds. The lowest BCUT2D eigenvalue weighted by Gasteiger charge is -2.09. The van der Waals surface area contributed by atoms with Crippen molar-refractivity contribution in [3.8, 4) is 5.75 Å². The average Bonchev–Trinajstić information content (AvgIpc) is 2.48. The molecule has 0 aliphatic carbocycles. The van der Waals surface area contributed by atoms with Gasteiger partial charge in [0.1, 0.15) is 11.4 Å². The molecule has 2 aromatic rings. The van der Waals surface area contributed by atoms with E-state index in [1.54, 1.807) is 25.1 Å². The number of methoxy groups -OCH3 is 1. The van der Waals surface area contributed by atoms with Gasteiger partial charge in [0.15, 0.2) is 0 Å². The van der Waals surface area contributed by atoms with Gasteiger partial charge in [-0.05, 0) is 25.1 Å². The number of amides is 1. The van der Waals surface area contributed by atoms with Gasteiger partial charge >= 0.3 is 0 Å². The molecule has 0 unspecified atom stereocenters. The van der Waals surface area contributed by atoms with Crippen LogP contribution in [0.15, 0.2) is 41.2 Å². The molecule has 0 aliphatic heterocycles. The van der Waals surface area contributed by atoms with Gasteiger partial charge in [-0.3, -0.25) is 9.59 Å². The molecule has 0 radical (unpaired) electrons. The summed E-state index contributed by atoms with van der Waals surface area (Å²) in [7, 11) is 1.53. The van der Waals surface area contributed by atoms with Crippen LogP contribution in [0, 0.1) is 0 Å². The van der Waals surface area contributed by atoms with E-state index in [1.165, 1.54) is 23.9 Å². The van der Waals surface area contributed by atoms with E-state index in [0.717, 1.165) is 0 Å². The van der Waals surface area contributed by atoms with E-state index in [9.17, 15) is 9.59 Å². The molecule has 1 heterocycles. The van der Waals surface area contributed by atoms with Gasteiger partial charge in [-0.15, -0.1) is 0 Å². The fourth-order valence-corrected chi connectivity index (χ4v) is 1.73. The Morgan fingerprint density at radius 2 is 2.05 bits per heavy atom. The normalized spacial score (nSPS) is 10.1. The first-order valence-electron chi connectivity index (χ1n) is 6.18. The molecule has 1 N–H and O–H groups in total. The minimum atomic E-state index is -0.392. The lowest BCUT2D eigenvalue weighted by molar-refractivity contribution is 0.101. The SMILES string of the molecule is CCn1nc(C(=O)Nc2ccccc2OC)ccc1=O. The number of aromatic nitrogens is 2.